The van der Waals surface area contributed by atoms with Crippen LogP contribution in [-0.2, 0) is 16.1 Å². The van der Waals surface area contributed by atoms with E-state index >= 15 is 0 Å². The molecular weight excluding hydrogens is 741 g/mol. The van der Waals surface area contributed by atoms with E-state index < -0.39 is 0 Å². The van der Waals surface area contributed by atoms with E-state index in [1.165, 1.54) is 11.4 Å². The number of aliphatic hydroxyl groups is 2. The van der Waals surface area contributed by atoms with Crippen LogP contribution in [0.1, 0.15) is 42.4 Å². The van der Waals surface area contributed by atoms with Crippen LogP contribution in [0.4, 0.5) is 11.4 Å². The van der Waals surface area contributed by atoms with Gasteiger partial charge in [0.15, 0.2) is 12.4 Å². The number of allylic oxidation sites excluding steroid dienone is 4. The van der Waals surface area contributed by atoms with Crippen molar-refractivity contribution < 1.29 is 24.4 Å². The van der Waals surface area contributed by atoms with E-state index in [1.54, 1.807) is 33.9 Å². The minimum Gasteiger partial charge on any atom is -0.393 e. The Morgan fingerprint density at radius 2 is 1.21 bits per heavy atom. The molecule has 0 bridgehead atoms. The highest BCUT2D eigenvalue weighted by atomic mass is 33.1. The number of carbonyl (C=O) groups is 2. The average Bonchev–Trinajstić information content (AvgIpc) is 3.22. The number of anilines is 2. The summed E-state index contributed by atoms with van der Waals surface area (Å²) in [6, 6.07) is 20.9. The van der Waals surface area contributed by atoms with Gasteiger partial charge in [-0.3, -0.25) is 14.6 Å². The largest absolute Gasteiger partial charge is 0.393 e. The third kappa shape index (κ3) is 15.1. The Bertz CT molecular complexity index is 1800. The second kappa shape index (κ2) is 23.4. The molecule has 3 heterocycles. The summed E-state index contributed by atoms with van der Waals surface area (Å²) in [6.45, 7) is 8.84. The van der Waals surface area contributed by atoms with Crippen LogP contribution in [0.3, 0.4) is 0 Å². The Labute approximate surface area is 339 Å². The molecule has 2 saturated heterocycles. The van der Waals surface area contributed by atoms with Gasteiger partial charge in [-0.25, -0.2) is 0 Å². The lowest BCUT2D eigenvalue weighted by atomic mass is 10.1. The molecule has 12 heteroatoms. The Balaban J connectivity index is 0.879. The Hall–Kier alpha value is -4.62. The van der Waals surface area contributed by atoms with Crippen LogP contribution in [0.2, 0.25) is 0 Å². The maximum atomic E-state index is 12.4. The molecule has 2 fully saturated rings. The lowest BCUT2D eigenvalue weighted by Crippen LogP contribution is -2.42. The van der Waals surface area contributed by atoms with E-state index in [4.69, 9.17) is 0 Å². The van der Waals surface area contributed by atoms with Crippen LogP contribution < -0.4 is 25.0 Å². The monoisotopic (exact) mass is 795 g/mol. The summed E-state index contributed by atoms with van der Waals surface area (Å²) >= 11 is 0. The number of rotatable bonds is 19. The van der Waals surface area contributed by atoms with E-state index in [-0.39, 0.29) is 37.1 Å². The summed E-state index contributed by atoms with van der Waals surface area (Å²) in [5.41, 5.74) is 6.51. The molecule has 0 radical (unpaired) electrons. The smallest absolute Gasteiger partial charge is 0.286 e. The van der Waals surface area contributed by atoms with Gasteiger partial charge in [-0.1, -0.05) is 82.8 Å². The van der Waals surface area contributed by atoms with Gasteiger partial charge in [-0.05, 0) is 78.3 Å². The molecule has 1 aromatic heterocycles. The second-order valence-corrected chi connectivity index (χ2v) is 16.5. The van der Waals surface area contributed by atoms with Crippen LogP contribution in [0, 0.1) is 0 Å². The molecule has 0 spiro atoms. The fourth-order valence-electron chi connectivity index (χ4n) is 6.24. The maximum absolute atomic E-state index is 12.4. The van der Waals surface area contributed by atoms with Gasteiger partial charge in [0.1, 0.15) is 6.54 Å². The molecular formula is C44H55N6O4S2+. The molecule has 296 valence electrons. The second-order valence-electron chi connectivity index (χ2n) is 13.8. The van der Waals surface area contributed by atoms with Crippen molar-refractivity contribution in [3.63, 3.8) is 0 Å². The normalized spacial score (nSPS) is 15.9. The van der Waals surface area contributed by atoms with Crippen molar-refractivity contribution >= 4 is 69.2 Å². The standard InChI is InChI=1S/C44H54N6O4S2/c1-2-35(3-4-36-7-11-39(12-8-36)49-27-18-41(51)19-28-49)15-22-45-33-43(53)46-23-31-55-56-32-24-47-44(54)34-48-25-16-38(17-26-48)6-5-37-9-13-40(14-10-37)50-29-20-42(52)21-30-50/h2-17,22,25-26,41-42,51-52H,1,18-21,23-24,27-34H2,(H-,46,47,53,54)/p+1/b4-3+,35-15+,45-22?. The fourth-order valence-corrected chi connectivity index (χ4v) is 8.05. The molecule has 2 aliphatic heterocycles. The predicted octanol–water partition coefficient (Wildman–Crippen LogP) is 5.58. The first-order valence-corrected chi connectivity index (χ1v) is 21.9. The molecule has 0 aliphatic carbocycles. The minimum absolute atomic E-state index is 0.0349. The maximum Gasteiger partial charge on any atom is 0.286 e. The van der Waals surface area contributed by atoms with Gasteiger partial charge in [0.2, 0.25) is 12.5 Å². The number of aliphatic imine (C=N–C) groups is 1. The van der Waals surface area contributed by atoms with Gasteiger partial charge in [0, 0.05) is 80.5 Å². The predicted molar refractivity (Wildman–Crippen MR) is 235 cm³/mol. The molecule has 56 heavy (non-hydrogen) atoms. The zero-order valence-electron chi connectivity index (χ0n) is 32.0. The first kappa shape index (κ1) is 42.5. The molecule has 0 unspecified atom stereocenters. The summed E-state index contributed by atoms with van der Waals surface area (Å²) in [5.74, 6) is 1.36. The molecule has 0 atom stereocenters. The molecule has 2 amide bonds. The van der Waals surface area contributed by atoms with E-state index in [0.29, 0.717) is 13.1 Å². The highest BCUT2D eigenvalue weighted by molar-refractivity contribution is 8.76. The Kier molecular flexibility index (Phi) is 17.8. The van der Waals surface area contributed by atoms with E-state index in [0.717, 1.165) is 85.6 Å². The number of pyridine rings is 1. The van der Waals surface area contributed by atoms with E-state index in [2.05, 4.69) is 92.7 Å². The fraction of sp³-hybridized carbons (Fsp3) is 0.364. The quantitative estimate of drug-likeness (QED) is 0.0409. The Morgan fingerprint density at radius 3 is 1.73 bits per heavy atom. The molecule has 3 aromatic rings. The third-order valence-corrected chi connectivity index (χ3v) is 12.0. The molecule has 2 aromatic carbocycles. The zero-order valence-corrected chi connectivity index (χ0v) is 33.7. The van der Waals surface area contributed by atoms with Gasteiger partial charge in [-0.2, -0.15) is 4.57 Å². The molecule has 0 saturated carbocycles. The zero-order chi connectivity index (χ0) is 39.4. The van der Waals surface area contributed by atoms with Crippen molar-refractivity contribution in [2.75, 3.05) is 67.1 Å². The van der Waals surface area contributed by atoms with Gasteiger partial charge in [-0.15, -0.1) is 0 Å². The number of aromatic nitrogens is 1. The van der Waals surface area contributed by atoms with Crippen LogP contribution in [0.5, 0.6) is 0 Å². The highest BCUT2D eigenvalue weighted by Crippen LogP contribution is 2.23. The summed E-state index contributed by atoms with van der Waals surface area (Å²) in [5, 5.41) is 25.3. The summed E-state index contributed by atoms with van der Waals surface area (Å²) in [6.07, 6.45) is 20.1. The van der Waals surface area contributed by atoms with Crippen molar-refractivity contribution in [3.05, 3.63) is 120 Å². The van der Waals surface area contributed by atoms with Crippen LogP contribution in [-0.4, -0.2) is 97.8 Å². The van der Waals surface area contributed by atoms with E-state index in [1.807, 2.05) is 47.3 Å². The number of carbonyl (C=O) groups excluding carboxylic acids is 2. The minimum atomic E-state index is -0.181. The van der Waals surface area contributed by atoms with Crippen LogP contribution in [0.15, 0.2) is 108 Å². The summed E-state index contributed by atoms with van der Waals surface area (Å²) < 4.78 is 1.86. The van der Waals surface area contributed by atoms with Crippen molar-refractivity contribution in [1.29, 1.82) is 0 Å². The number of amides is 2. The van der Waals surface area contributed by atoms with Crippen LogP contribution in [0.25, 0.3) is 18.2 Å². The number of hydrogen-bond donors (Lipinski definition) is 4. The lowest BCUT2D eigenvalue weighted by molar-refractivity contribution is -0.684. The molecule has 10 nitrogen and oxygen atoms in total. The number of aliphatic hydroxyl groups excluding tert-OH is 2. The van der Waals surface area contributed by atoms with E-state index in [9.17, 15) is 19.8 Å². The first-order valence-electron chi connectivity index (χ1n) is 19.4. The van der Waals surface area contributed by atoms with Crippen LogP contribution >= 0.6 is 21.6 Å². The van der Waals surface area contributed by atoms with Crippen molar-refractivity contribution in [2.45, 2.75) is 44.4 Å². The lowest BCUT2D eigenvalue weighted by Gasteiger charge is -2.31. The third-order valence-electron chi connectivity index (χ3n) is 9.57. The van der Waals surface area contributed by atoms with Gasteiger partial charge in [0.25, 0.3) is 5.91 Å². The number of piperidine rings is 2. The summed E-state index contributed by atoms with van der Waals surface area (Å²) in [4.78, 5) is 33.5. The number of benzene rings is 2. The molecule has 2 aliphatic rings. The van der Waals surface area contributed by atoms with Gasteiger partial charge >= 0.3 is 0 Å². The number of hydrogen-bond acceptors (Lipinski definition) is 9. The number of nitrogens with zero attached hydrogens (tertiary/aromatic N) is 4. The SMILES string of the molecule is C=CC(/C=C/c1ccc(N2CCC(O)CC2)cc1)=C\C=NCC(=O)NCCSSCCNC(=O)C[n+]1ccc(/C=C/c2ccc(N3CCC(O)CC3)cc2)cc1. The van der Waals surface area contributed by atoms with Crippen molar-refractivity contribution in [3.8, 4) is 0 Å². The van der Waals surface area contributed by atoms with Crippen molar-refractivity contribution in [1.82, 2.24) is 10.6 Å². The van der Waals surface area contributed by atoms with Gasteiger partial charge < -0.3 is 30.6 Å². The topological polar surface area (TPSA) is 121 Å². The molecule has 5 rings (SSSR count). The van der Waals surface area contributed by atoms with Gasteiger partial charge in [0.05, 0.1) is 12.2 Å². The van der Waals surface area contributed by atoms with Crippen molar-refractivity contribution in [2.24, 2.45) is 4.99 Å². The average molecular weight is 796 g/mol. The number of nitrogens with one attached hydrogen (secondary N) is 2. The molecule has 4 N–H and O–H groups in total. The Morgan fingerprint density at radius 1 is 0.732 bits per heavy atom. The first-order chi connectivity index (χ1) is 27.3. The summed E-state index contributed by atoms with van der Waals surface area (Å²) in [7, 11) is 3.32. The highest BCUT2D eigenvalue weighted by Gasteiger charge is 2.18.